The van der Waals surface area contributed by atoms with E-state index in [-0.39, 0.29) is 17.6 Å². The van der Waals surface area contributed by atoms with Gasteiger partial charge in [0.2, 0.25) is 0 Å². The van der Waals surface area contributed by atoms with Crippen molar-refractivity contribution in [1.82, 2.24) is 10.6 Å². The van der Waals surface area contributed by atoms with E-state index in [0.717, 1.165) is 47.5 Å². The van der Waals surface area contributed by atoms with Gasteiger partial charge in [-0.15, -0.1) is 0 Å². The number of rotatable bonds is 24. The fourth-order valence-corrected chi connectivity index (χ4v) is 6.99. The van der Waals surface area contributed by atoms with Gasteiger partial charge in [0.1, 0.15) is 5.71 Å². The minimum atomic E-state index is -0.587. The molecule has 0 aliphatic heterocycles. The molecular weight excluding hydrogens is 669 g/mol. The van der Waals surface area contributed by atoms with Crippen LogP contribution in [-0.2, 0) is 20.7 Å². The van der Waals surface area contributed by atoms with Crippen molar-refractivity contribution in [3.63, 3.8) is 0 Å². The fourth-order valence-electron chi connectivity index (χ4n) is 4.93. The molecule has 0 saturated carbocycles. The minimum absolute atomic E-state index is 0.0302. The molecule has 2 aromatic carbocycles. The summed E-state index contributed by atoms with van der Waals surface area (Å²) in [6.07, 6.45) is 6.32. The van der Waals surface area contributed by atoms with Crippen LogP contribution in [0.5, 0.6) is 0 Å². The Labute approximate surface area is 307 Å². The van der Waals surface area contributed by atoms with Gasteiger partial charge in [-0.05, 0) is 114 Å². The lowest BCUT2D eigenvalue weighted by Crippen LogP contribution is -2.40. The van der Waals surface area contributed by atoms with E-state index in [9.17, 15) is 14.4 Å². The normalized spacial score (nSPS) is 12.0. The summed E-state index contributed by atoms with van der Waals surface area (Å²) in [5.41, 5.74) is 3.89. The smallest absolute Gasteiger partial charge is 0.251 e. The summed E-state index contributed by atoms with van der Waals surface area (Å²) in [4.78, 5) is 43.2. The van der Waals surface area contributed by atoms with Gasteiger partial charge in [0.05, 0.1) is 24.4 Å². The van der Waals surface area contributed by atoms with Crippen LogP contribution in [0.25, 0.3) is 6.08 Å². The number of amides is 2. The van der Waals surface area contributed by atoms with Crippen molar-refractivity contribution in [2.75, 3.05) is 44.9 Å². The summed E-state index contributed by atoms with van der Waals surface area (Å²) >= 11 is 0. The van der Waals surface area contributed by atoms with Gasteiger partial charge in [-0.2, -0.15) is 0 Å². The Morgan fingerprint density at radius 1 is 0.900 bits per heavy atom. The molecule has 2 aromatic rings. The highest BCUT2D eigenvalue weighted by atomic mass is 33.1. The van der Waals surface area contributed by atoms with Crippen LogP contribution in [0, 0.1) is 12.3 Å². The zero-order valence-electron chi connectivity index (χ0n) is 30.9. The van der Waals surface area contributed by atoms with Crippen LogP contribution in [0.3, 0.4) is 0 Å². The molecule has 9 nitrogen and oxygen atoms in total. The van der Waals surface area contributed by atoms with E-state index in [1.54, 1.807) is 40.8 Å². The molecule has 0 aliphatic rings. The van der Waals surface area contributed by atoms with Gasteiger partial charge in [0, 0.05) is 54.8 Å². The van der Waals surface area contributed by atoms with Gasteiger partial charge in [-0.25, -0.2) is 0 Å². The quantitative estimate of drug-likeness (QED) is 0.0580. The molecule has 0 bridgehead atoms. The van der Waals surface area contributed by atoms with Gasteiger partial charge >= 0.3 is 0 Å². The van der Waals surface area contributed by atoms with E-state index in [1.165, 1.54) is 6.21 Å². The highest BCUT2D eigenvalue weighted by Crippen LogP contribution is 2.23. The Balaban J connectivity index is 1.84. The number of aliphatic imine (C=N–C) groups is 1. The SMILES string of the molecule is C=Cc1cc(C)cc(C(=O)NCCOC(C)(C)COC(C)(C)CCNC(=O)c2cc(CC)cc(C(=NC)C(=O)CCCSSCCC=N)c2)c1. The van der Waals surface area contributed by atoms with Crippen molar-refractivity contribution >= 4 is 57.2 Å². The molecule has 0 spiro atoms. The van der Waals surface area contributed by atoms with Crippen molar-refractivity contribution in [3.05, 3.63) is 76.4 Å². The number of aryl methyl sites for hydroxylation is 2. The first-order valence-electron chi connectivity index (χ1n) is 17.2. The second-order valence-electron chi connectivity index (χ2n) is 13.3. The lowest BCUT2D eigenvalue weighted by molar-refractivity contribution is -0.120. The van der Waals surface area contributed by atoms with Gasteiger partial charge < -0.3 is 25.5 Å². The molecule has 50 heavy (non-hydrogen) atoms. The van der Waals surface area contributed by atoms with Gasteiger partial charge in [-0.1, -0.05) is 47.2 Å². The first-order chi connectivity index (χ1) is 23.7. The molecular formula is C39H56N4O5S2. The van der Waals surface area contributed by atoms with Crippen LogP contribution in [0.1, 0.15) is 103 Å². The van der Waals surface area contributed by atoms with Crippen molar-refractivity contribution in [1.29, 1.82) is 5.41 Å². The fraction of sp³-hybridized carbons (Fsp3) is 0.513. The van der Waals surface area contributed by atoms with E-state index in [0.29, 0.717) is 61.5 Å². The number of benzene rings is 2. The average Bonchev–Trinajstić information content (AvgIpc) is 3.08. The van der Waals surface area contributed by atoms with E-state index in [4.69, 9.17) is 14.9 Å². The second kappa shape index (κ2) is 21.9. The summed E-state index contributed by atoms with van der Waals surface area (Å²) in [5.74, 6) is 1.35. The minimum Gasteiger partial charge on any atom is -0.373 e. The molecule has 0 saturated heterocycles. The topological polar surface area (TPSA) is 130 Å². The zero-order chi connectivity index (χ0) is 37.2. The van der Waals surface area contributed by atoms with Crippen LogP contribution in [-0.4, -0.2) is 85.6 Å². The molecule has 0 atom stereocenters. The van der Waals surface area contributed by atoms with E-state index < -0.39 is 11.2 Å². The summed E-state index contributed by atoms with van der Waals surface area (Å²) in [7, 11) is 5.05. The Morgan fingerprint density at radius 3 is 2.22 bits per heavy atom. The van der Waals surface area contributed by atoms with Crippen LogP contribution < -0.4 is 10.6 Å². The number of carbonyl (C=O) groups excluding carboxylic acids is 3. The van der Waals surface area contributed by atoms with Crippen LogP contribution >= 0.6 is 21.6 Å². The third-order valence-corrected chi connectivity index (χ3v) is 10.3. The maximum absolute atomic E-state index is 13.3. The van der Waals surface area contributed by atoms with Crippen molar-refractivity contribution in [2.45, 2.75) is 84.8 Å². The van der Waals surface area contributed by atoms with E-state index >= 15 is 0 Å². The van der Waals surface area contributed by atoms with Crippen molar-refractivity contribution in [3.8, 4) is 0 Å². The number of Topliss-reactive ketones (excluding diaryl/α,β-unsaturated/α-hetero) is 1. The molecule has 3 N–H and O–H groups in total. The van der Waals surface area contributed by atoms with Gasteiger partial charge in [0.15, 0.2) is 5.78 Å². The lowest BCUT2D eigenvalue weighted by atomic mass is 9.97. The third kappa shape index (κ3) is 15.7. The third-order valence-electron chi connectivity index (χ3n) is 7.79. The Hall–Kier alpha value is -3.25. The Bertz CT molecular complexity index is 1490. The molecule has 0 heterocycles. The standard InChI is InChI=1S/C39H56N4O5S2/c1-9-29-21-28(3)22-32(24-29)36(45)43-17-18-47-39(6,7)27-48-38(4,5)14-16-42-37(46)33-25-30(10-2)23-31(26-33)35(41-8)34(44)13-11-19-49-50-20-12-15-40/h9,15,21-26,40H,1,10-14,16-20,27H2,2-8H3,(H,42,46)(H,43,45). The number of nitrogens with one attached hydrogen (secondary N) is 3. The number of nitrogens with zero attached hydrogens (tertiary/aromatic N) is 1. The number of hydrogen-bond donors (Lipinski definition) is 3. The number of ether oxygens (including phenoxy) is 2. The zero-order valence-corrected chi connectivity index (χ0v) is 32.5. The van der Waals surface area contributed by atoms with Crippen LogP contribution in [0.15, 0.2) is 48.0 Å². The van der Waals surface area contributed by atoms with Crippen molar-refractivity contribution < 1.29 is 23.9 Å². The largest absolute Gasteiger partial charge is 0.373 e. The molecule has 0 radical (unpaired) electrons. The first-order valence-corrected chi connectivity index (χ1v) is 19.7. The Morgan fingerprint density at radius 2 is 1.56 bits per heavy atom. The molecule has 0 fully saturated rings. The Kier molecular flexibility index (Phi) is 18.8. The van der Waals surface area contributed by atoms with Crippen LogP contribution in [0.2, 0.25) is 0 Å². The van der Waals surface area contributed by atoms with Gasteiger partial charge in [0.25, 0.3) is 11.8 Å². The molecule has 0 aromatic heterocycles. The summed E-state index contributed by atoms with van der Waals surface area (Å²) in [5, 5.41) is 13.0. The summed E-state index contributed by atoms with van der Waals surface area (Å²) in [6, 6.07) is 11.2. The molecule has 2 rings (SSSR count). The number of hydrogen-bond acceptors (Lipinski definition) is 9. The highest BCUT2D eigenvalue weighted by molar-refractivity contribution is 8.76. The van der Waals surface area contributed by atoms with E-state index in [1.807, 2.05) is 71.9 Å². The predicted octanol–water partition coefficient (Wildman–Crippen LogP) is 7.53. The first kappa shape index (κ1) is 42.9. The molecule has 274 valence electrons. The molecule has 2 amide bonds. The maximum atomic E-state index is 13.3. The number of ketones is 1. The average molecular weight is 725 g/mol. The van der Waals surface area contributed by atoms with Gasteiger partial charge in [-0.3, -0.25) is 19.4 Å². The summed E-state index contributed by atoms with van der Waals surface area (Å²) < 4.78 is 12.3. The number of carbonyl (C=O) groups is 3. The maximum Gasteiger partial charge on any atom is 0.251 e. The van der Waals surface area contributed by atoms with Crippen LogP contribution in [0.4, 0.5) is 0 Å². The van der Waals surface area contributed by atoms with E-state index in [2.05, 4.69) is 22.2 Å². The molecule has 11 heteroatoms. The highest BCUT2D eigenvalue weighted by Gasteiger charge is 2.26. The molecule has 0 aliphatic carbocycles. The monoisotopic (exact) mass is 724 g/mol. The summed E-state index contributed by atoms with van der Waals surface area (Å²) in [6.45, 7) is 17.0. The lowest BCUT2D eigenvalue weighted by Gasteiger charge is -2.32. The second-order valence-corrected chi connectivity index (χ2v) is 16.0. The predicted molar refractivity (Wildman–Crippen MR) is 211 cm³/mol. The molecule has 0 unspecified atom stereocenters. The van der Waals surface area contributed by atoms with Crippen molar-refractivity contribution in [2.24, 2.45) is 4.99 Å².